The van der Waals surface area contributed by atoms with Crippen LogP contribution in [0.1, 0.15) is 18.1 Å². The molecule has 2 aromatic carbocycles. The van der Waals surface area contributed by atoms with Gasteiger partial charge in [0.1, 0.15) is 12.3 Å². The van der Waals surface area contributed by atoms with Crippen LogP contribution in [0.3, 0.4) is 0 Å². The number of benzene rings is 2. The summed E-state index contributed by atoms with van der Waals surface area (Å²) < 4.78 is 12.5. The quantitative estimate of drug-likeness (QED) is 0.500. The Labute approximate surface area is 176 Å². The van der Waals surface area contributed by atoms with Gasteiger partial charge in [0.25, 0.3) is 5.91 Å². The molecule has 1 heterocycles. The third kappa shape index (κ3) is 4.48. The van der Waals surface area contributed by atoms with Crippen molar-refractivity contribution in [2.24, 2.45) is 0 Å². The van der Waals surface area contributed by atoms with Gasteiger partial charge in [-0.15, -0.1) is 0 Å². The van der Waals surface area contributed by atoms with Crippen LogP contribution < -0.4 is 14.8 Å². The number of carbonyl (C=O) groups excluding carboxylic acids is 2. The van der Waals surface area contributed by atoms with Crippen LogP contribution in [0.4, 0.5) is 4.79 Å². The van der Waals surface area contributed by atoms with Crippen molar-refractivity contribution in [2.75, 3.05) is 13.7 Å². The Kier molecular flexibility index (Phi) is 6.26. The first-order chi connectivity index (χ1) is 13.4. The number of halogens is 2. The minimum absolute atomic E-state index is 0.176. The molecule has 6 nitrogen and oxygen atoms in total. The fourth-order valence-electron chi connectivity index (χ4n) is 2.60. The lowest BCUT2D eigenvalue weighted by atomic mass is 10.1. The Bertz CT molecular complexity index is 944. The van der Waals surface area contributed by atoms with Crippen molar-refractivity contribution in [3.8, 4) is 11.5 Å². The van der Waals surface area contributed by atoms with E-state index in [-0.39, 0.29) is 5.70 Å². The van der Waals surface area contributed by atoms with Crippen LogP contribution in [0.5, 0.6) is 11.5 Å². The van der Waals surface area contributed by atoms with Crippen molar-refractivity contribution in [2.45, 2.75) is 13.5 Å². The number of amides is 3. The lowest BCUT2D eigenvalue weighted by Crippen LogP contribution is -2.25. The minimum atomic E-state index is -0.471. The van der Waals surface area contributed by atoms with Crippen LogP contribution in [0.25, 0.3) is 6.08 Å². The summed E-state index contributed by atoms with van der Waals surface area (Å²) in [6.07, 6.45) is 1.55. The highest BCUT2D eigenvalue weighted by Gasteiger charge is 2.30. The van der Waals surface area contributed by atoms with Crippen LogP contribution in [0, 0.1) is 0 Å². The monoisotopic (exact) mass is 464 g/mol. The van der Waals surface area contributed by atoms with Crippen molar-refractivity contribution in [3.05, 3.63) is 62.7 Å². The summed E-state index contributed by atoms with van der Waals surface area (Å²) in [7, 11) is 1.41. The van der Waals surface area contributed by atoms with Crippen LogP contribution in [0.15, 0.2) is 46.6 Å². The first-order valence-corrected chi connectivity index (χ1v) is 9.70. The highest BCUT2D eigenvalue weighted by atomic mass is 79.9. The summed E-state index contributed by atoms with van der Waals surface area (Å²) in [5.41, 5.74) is 1.77. The SMILES string of the molecule is CCOc1cc(/C=C2/NC(=O)N(C)C2=O)cc(Cl)c1OCc1ccc(Br)cc1. The molecule has 0 aromatic heterocycles. The van der Waals surface area contributed by atoms with Gasteiger partial charge in [-0.1, -0.05) is 39.7 Å². The molecular weight excluding hydrogens is 448 g/mol. The van der Waals surface area contributed by atoms with Gasteiger partial charge in [-0.05, 0) is 48.4 Å². The number of likely N-dealkylation sites (N-methyl/N-ethyl adjacent to an activating group) is 1. The molecule has 1 aliphatic heterocycles. The molecule has 0 spiro atoms. The van der Waals surface area contributed by atoms with E-state index in [1.54, 1.807) is 18.2 Å². The predicted molar refractivity (Wildman–Crippen MR) is 110 cm³/mol. The molecular formula is C20H18BrClN2O4. The van der Waals surface area contributed by atoms with Gasteiger partial charge in [-0.2, -0.15) is 0 Å². The second-order valence-electron chi connectivity index (χ2n) is 6.03. The van der Waals surface area contributed by atoms with E-state index in [1.807, 2.05) is 31.2 Å². The minimum Gasteiger partial charge on any atom is -0.490 e. The van der Waals surface area contributed by atoms with Crippen molar-refractivity contribution in [3.63, 3.8) is 0 Å². The molecule has 1 aliphatic rings. The first-order valence-electron chi connectivity index (χ1n) is 8.53. The normalized spacial score (nSPS) is 15.1. The molecule has 8 heteroatoms. The molecule has 3 rings (SSSR count). The molecule has 0 unspecified atom stereocenters. The third-order valence-electron chi connectivity index (χ3n) is 4.02. The van der Waals surface area contributed by atoms with Gasteiger partial charge >= 0.3 is 6.03 Å². The van der Waals surface area contributed by atoms with Crippen molar-refractivity contribution < 1.29 is 19.1 Å². The average Bonchev–Trinajstić information content (AvgIpc) is 2.89. The molecule has 1 fully saturated rings. The number of rotatable bonds is 6. The van der Waals surface area contributed by atoms with Crippen LogP contribution in [0.2, 0.25) is 5.02 Å². The Morgan fingerprint density at radius 2 is 1.89 bits per heavy atom. The van der Waals surface area contributed by atoms with Gasteiger partial charge in [0.05, 0.1) is 11.6 Å². The maximum Gasteiger partial charge on any atom is 0.328 e. The molecule has 0 aliphatic carbocycles. The van der Waals surface area contributed by atoms with Crippen molar-refractivity contribution >= 4 is 45.5 Å². The summed E-state index contributed by atoms with van der Waals surface area (Å²) in [4.78, 5) is 24.7. The molecule has 146 valence electrons. The van der Waals surface area contributed by atoms with Crippen LogP contribution >= 0.6 is 27.5 Å². The van der Waals surface area contributed by atoms with Gasteiger partial charge in [-0.3, -0.25) is 9.69 Å². The number of nitrogens with one attached hydrogen (secondary N) is 1. The van der Waals surface area contributed by atoms with Crippen molar-refractivity contribution in [1.82, 2.24) is 10.2 Å². The number of carbonyl (C=O) groups is 2. The zero-order valence-electron chi connectivity index (χ0n) is 15.3. The number of hydrogen-bond acceptors (Lipinski definition) is 4. The fraction of sp³-hybridized carbons (Fsp3) is 0.200. The first kappa shape index (κ1) is 20.2. The molecule has 3 amide bonds. The zero-order valence-corrected chi connectivity index (χ0v) is 17.6. The van der Waals surface area contributed by atoms with Gasteiger partial charge < -0.3 is 14.8 Å². The lowest BCUT2D eigenvalue weighted by Gasteiger charge is -2.15. The Hall–Kier alpha value is -2.51. The lowest BCUT2D eigenvalue weighted by molar-refractivity contribution is -0.121. The van der Waals surface area contributed by atoms with E-state index in [4.69, 9.17) is 21.1 Å². The van der Waals surface area contributed by atoms with E-state index in [0.717, 1.165) is 14.9 Å². The summed E-state index contributed by atoms with van der Waals surface area (Å²) >= 11 is 9.82. The maximum atomic E-state index is 12.0. The molecule has 0 radical (unpaired) electrons. The second kappa shape index (κ2) is 8.67. The number of imide groups is 1. The Morgan fingerprint density at radius 3 is 2.50 bits per heavy atom. The predicted octanol–water partition coefficient (Wildman–Crippen LogP) is 4.60. The van der Waals surface area contributed by atoms with E-state index in [9.17, 15) is 9.59 Å². The average molecular weight is 466 g/mol. The highest BCUT2D eigenvalue weighted by molar-refractivity contribution is 9.10. The van der Waals surface area contributed by atoms with E-state index in [2.05, 4.69) is 21.2 Å². The summed E-state index contributed by atoms with van der Waals surface area (Å²) in [6.45, 7) is 2.60. The number of hydrogen-bond donors (Lipinski definition) is 1. The highest BCUT2D eigenvalue weighted by Crippen LogP contribution is 2.38. The maximum absolute atomic E-state index is 12.0. The second-order valence-corrected chi connectivity index (χ2v) is 7.35. The number of urea groups is 1. The standard InChI is InChI=1S/C20H18BrClN2O4/c1-3-27-17-10-13(9-16-19(25)24(2)20(26)23-16)8-15(22)18(17)28-11-12-4-6-14(21)7-5-12/h4-10H,3,11H2,1-2H3,(H,23,26)/b16-9+. The Balaban J connectivity index is 1.86. The third-order valence-corrected chi connectivity index (χ3v) is 4.83. The van der Waals surface area contributed by atoms with E-state index in [1.165, 1.54) is 7.05 Å². The van der Waals surface area contributed by atoms with Gasteiger partial charge in [0, 0.05) is 11.5 Å². The van der Waals surface area contributed by atoms with Crippen LogP contribution in [-0.4, -0.2) is 30.5 Å². The summed E-state index contributed by atoms with van der Waals surface area (Å²) in [5, 5.41) is 2.87. The number of nitrogens with zero attached hydrogens (tertiary/aromatic N) is 1. The zero-order chi connectivity index (χ0) is 20.3. The van der Waals surface area contributed by atoms with Gasteiger partial charge in [0.15, 0.2) is 11.5 Å². The fourth-order valence-corrected chi connectivity index (χ4v) is 3.14. The summed E-state index contributed by atoms with van der Waals surface area (Å²) in [6, 6.07) is 10.7. The molecule has 0 bridgehead atoms. The van der Waals surface area contributed by atoms with Crippen LogP contribution in [-0.2, 0) is 11.4 Å². The number of ether oxygens (including phenoxy) is 2. The molecule has 0 saturated carbocycles. The van der Waals surface area contributed by atoms with Gasteiger partial charge in [0.2, 0.25) is 0 Å². The largest absolute Gasteiger partial charge is 0.490 e. The van der Waals surface area contributed by atoms with E-state index in [0.29, 0.717) is 35.3 Å². The molecule has 2 aromatic rings. The summed E-state index contributed by atoms with van der Waals surface area (Å²) in [5.74, 6) is 0.478. The van der Waals surface area contributed by atoms with Gasteiger partial charge in [-0.25, -0.2) is 4.79 Å². The van der Waals surface area contributed by atoms with E-state index >= 15 is 0 Å². The molecule has 0 atom stereocenters. The molecule has 1 N–H and O–H groups in total. The topological polar surface area (TPSA) is 67.9 Å². The Morgan fingerprint density at radius 1 is 1.18 bits per heavy atom. The molecule has 28 heavy (non-hydrogen) atoms. The van der Waals surface area contributed by atoms with E-state index < -0.39 is 11.9 Å². The molecule has 1 saturated heterocycles. The smallest absolute Gasteiger partial charge is 0.328 e. The van der Waals surface area contributed by atoms with Crippen molar-refractivity contribution in [1.29, 1.82) is 0 Å².